The van der Waals surface area contributed by atoms with E-state index < -0.39 is 34.9 Å². The van der Waals surface area contributed by atoms with Crippen molar-refractivity contribution in [3.8, 4) is 5.69 Å². The van der Waals surface area contributed by atoms with Crippen molar-refractivity contribution in [2.75, 3.05) is 6.54 Å². The maximum Gasteiger partial charge on any atom is 0.244 e. The van der Waals surface area contributed by atoms with Crippen LogP contribution in [-0.4, -0.2) is 61.2 Å². The zero-order valence-electron chi connectivity index (χ0n) is 16.7. The van der Waals surface area contributed by atoms with Crippen molar-refractivity contribution in [1.29, 1.82) is 0 Å². The first-order valence-corrected chi connectivity index (χ1v) is 10.8. The number of nitrogens with zero attached hydrogens (tertiary/aromatic N) is 4. The predicted molar refractivity (Wildman–Crippen MR) is 114 cm³/mol. The lowest BCUT2D eigenvalue weighted by Crippen LogP contribution is -2.50. The van der Waals surface area contributed by atoms with Crippen LogP contribution in [0.2, 0.25) is 5.02 Å². The number of likely N-dealkylation sites (tertiary alicyclic amines) is 1. The lowest BCUT2D eigenvalue weighted by molar-refractivity contribution is -0.134. The van der Waals surface area contributed by atoms with Crippen molar-refractivity contribution >= 4 is 35.0 Å². The molecule has 11 heteroatoms. The number of hydrogen-bond donors (Lipinski definition) is 2. The summed E-state index contributed by atoms with van der Waals surface area (Å²) in [6.45, 7) is 0.311. The molecular weight excluding hydrogens is 446 g/mol. The maximum absolute atomic E-state index is 14.3. The number of carbonyl (C=O) groups is 2. The van der Waals surface area contributed by atoms with E-state index in [0.717, 1.165) is 24.1 Å². The van der Waals surface area contributed by atoms with Crippen LogP contribution >= 0.6 is 23.2 Å². The minimum atomic E-state index is -1.19. The van der Waals surface area contributed by atoms with Gasteiger partial charge in [0.05, 0.1) is 17.8 Å². The van der Waals surface area contributed by atoms with Crippen LogP contribution in [0.15, 0.2) is 30.9 Å². The highest BCUT2D eigenvalue weighted by Gasteiger charge is 2.44. The number of amides is 2. The fourth-order valence-corrected chi connectivity index (χ4v) is 4.33. The summed E-state index contributed by atoms with van der Waals surface area (Å²) >= 11 is 12.4. The van der Waals surface area contributed by atoms with Gasteiger partial charge in [0.15, 0.2) is 0 Å². The van der Waals surface area contributed by atoms with Gasteiger partial charge in [0.2, 0.25) is 11.8 Å². The SMILES string of the molecule is N[C@H](CC1(Cl)CC1)C(=O)NC(=O)C1C[C@@H](F)CN1Cc1cc(Cl)ccc1-n1cncn1. The average molecular weight is 469 g/mol. The minimum absolute atomic E-state index is 0.00693. The number of aromatic nitrogens is 3. The third-order valence-corrected chi connectivity index (χ3v) is 6.46. The number of nitrogens with one attached hydrogen (secondary N) is 1. The summed E-state index contributed by atoms with van der Waals surface area (Å²) in [5, 5.41) is 6.98. The molecule has 4 rings (SSSR count). The lowest BCUT2D eigenvalue weighted by Gasteiger charge is -2.25. The molecule has 31 heavy (non-hydrogen) atoms. The van der Waals surface area contributed by atoms with Crippen LogP contribution in [0, 0.1) is 0 Å². The van der Waals surface area contributed by atoms with Gasteiger partial charge in [0, 0.05) is 29.4 Å². The summed E-state index contributed by atoms with van der Waals surface area (Å²) in [7, 11) is 0. The van der Waals surface area contributed by atoms with E-state index >= 15 is 0 Å². The van der Waals surface area contributed by atoms with Crippen LogP contribution in [0.3, 0.4) is 0 Å². The Morgan fingerprint density at radius 2 is 2.16 bits per heavy atom. The van der Waals surface area contributed by atoms with Crippen molar-refractivity contribution in [3.63, 3.8) is 0 Å². The Hall–Kier alpha value is -2.07. The highest BCUT2D eigenvalue weighted by Crippen LogP contribution is 2.46. The number of nitrogens with two attached hydrogens (primary N) is 1. The Kier molecular flexibility index (Phi) is 6.30. The number of alkyl halides is 2. The molecule has 3 N–H and O–H groups in total. The van der Waals surface area contributed by atoms with E-state index in [4.69, 9.17) is 28.9 Å². The van der Waals surface area contributed by atoms with E-state index in [0.29, 0.717) is 11.4 Å². The maximum atomic E-state index is 14.3. The molecule has 0 bridgehead atoms. The largest absolute Gasteiger partial charge is 0.320 e. The highest BCUT2D eigenvalue weighted by atomic mass is 35.5. The summed E-state index contributed by atoms with van der Waals surface area (Å²) in [5.41, 5.74) is 7.38. The number of imide groups is 1. The first-order chi connectivity index (χ1) is 14.7. The quantitative estimate of drug-likeness (QED) is 0.601. The standard InChI is InChI=1S/C20H23Cl2FN6O2/c21-13-1-2-16(29-11-25-10-26-29)12(5-13)8-28-9-14(23)6-17(28)19(31)27-18(30)15(24)7-20(22)3-4-20/h1-2,5,10-11,14-15,17H,3-4,6-9,24H2,(H,27,30,31)/t14-,15-,17?/m1/s1. The van der Waals surface area contributed by atoms with Crippen molar-refractivity contribution < 1.29 is 14.0 Å². The molecule has 1 aromatic carbocycles. The van der Waals surface area contributed by atoms with Gasteiger partial charge in [-0.15, -0.1) is 11.6 Å². The van der Waals surface area contributed by atoms with Gasteiger partial charge in [-0.3, -0.25) is 19.8 Å². The van der Waals surface area contributed by atoms with Gasteiger partial charge in [-0.1, -0.05) is 11.6 Å². The molecule has 0 radical (unpaired) electrons. The van der Waals surface area contributed by atoms with Gasteiger partial charge in [0.1, 0.15) is 18.8 Å². The molecule has 1 saturated carbocycles. The smallest absolute Gasteiger partial charge is 0.244 e. The Morgan fingerprint density at radius 1 is 1.39 bits per heavy atom. The van der Waals surface area contributed by atoms with Gasteiger partial charge in [-0.05, 0) is 43.0 Å². The molecule has 1 aromatic heterocycles. The fourth-order valence-electron chi connectivity index (χ4n) is 3.87. The second kappa shape index (κ2) is 8.82. The molecule has 2 fully saturated rings. The topological polar surface area (TPSA) is 106 Å². The fraction of sp³-hybridized carbons (Fsp3) is 0.500. The number of rotatable bonds is 7. The Labute approximate surface area is 188 Å². The molecule has 2 aromatic rings. The summed E-state index contributed by atoms with van der Waals surface area (Å²) in [5.74, 6) is -1.16. The second-order valence-electron chi connectivity index (χ2n) is 8.21. The van der Waals surface area contributed by atoms with Gasteiger partial charge in [-0.25, -0.2) is 14.1 Å². The average Bonchev–Trinajstić information content (AvgIpc) is 3.09. The second-order valence-corrected chi connectivity index (χ2v) is 9.44. The Balaban J connectivity index is 1.46. The molecule has 2 amide bonds. The van der Waals surface area contributed by atoms with Gasteiger partial charge in [0.25, 0.3) is 0 Å². The van der Waals surface area contributed by atoms with Crippen molar-refractivity contribution in [1.82, 2.24) is 25.0 Å². The highest BCUT2D eigenvalue weighted by molar-refractivity contribution is 6.30. The molecular formula is C20H23Cl2FN6O2. The van der Waals surface area contributed by atoms with Gasteiger partial charge < -0.3 is 5.73 Å². The number of halogens is 3. The zero-order chi connectivity index (χ0) is 22.2. The van der Waals surface area contributed by atoms with E-state index in [1.54, 1.807) is 34.1 Å². The van der Waals surface area contributed by atoms with E-state index in [1.165, 1.54) is 6.33 Å². The van der Waals surface area contributed by atoms with Crippen LogP contribution in [-0.2, 0) is 16.1 Å². The van der Waals surface area contributed by atoms with E-state index in [1.807, 2.05) is 0 Å². The summed E-state index contributed by atoms with van der Waals surface area (Å²) in [6, 6.07) is 3.56. The third kappa shape index (κ3) is 5.23. The first-order valence-electron chi connectivity index (χ1n) is 10.0. The van der Waals surface area contributed by atoms with Gasteiger partial charge in [-0.2, -0.15) is 5.10 Å². The van der Waals surface area contributed by atoms with Crippen LogP contribution in [0.25, 0.3) is 5.69 Å². The van der Waals surface area contributed by atoms with Gasteiger partial charge >= 0.3 is 0 Å². The Bertz CT molecular complexity index is 969. The van der Waals surface area contributed by atoms with E-state index in [2.05, 4.69) is 15.4 Å². The predicted octanol–water partition coefficient (Wildman–Crippen LogP) is 1.96. The first kappa shape index (κ1) is 22.1. The summed E-state index contributed by atoms with van der Waals surface area (Å²) in [4.78, 5) is 30.3. The molecule has 1 unspecified atom stereocenters. The van der Waals surface area contributed by atoms with Crippen molar-refractivity contribution in [2.45, 2.75) is 55.4 Å². The third-order valence-electron chi connectivity index (χ3n) is 5.70. The molecule has 1 aliphatic carbocycles. The van der Waals surface area contributed by atoms with Crippen molar-refractivity contribution in [2.24, 2.45) is 5.73 Å². The molecule has 2 aliphatic rings. The molecule has 166 valence electrons. The van der Waals surface area contributed by atoms with Crippen LogP contribution in [0.1, 0.15) is 31.2 Å². The summed E-state index contributed by atoms with van der Waals surface area (Å²) < 4.78 is 15.8. The molecule has 0 spiro atoms. The lowest BCUT2D eigenvalue weighted by atomic mass is 10.1. The molecule has 8 nitrogen and oxygen atoms in total. The summed E-state index contributed by atoms with van der Waals surface area (Å²) in [6.07, 6.45) is 3.66. The normalized spacial score (nSPS) is 23.5. The number of benzene rings is 1. The van der Waals surface area contributed by atoms with Crippen LogP contribution in [0.4, 0.5) is 4.39 Å². The van der Waals surface area contributed by atoms with E-state index in [-0.39, 0.29) is 19.5 Å². The molecule has 1 saturated heterocycles. The van der Waals surface area contributed by atoms with Crippen LogP contribution < -0.4 is 11.1 Å². The Morgan fingerprint density at radius 3 is 2.84 bits per heavy atom. The molecule has 3 atom stereocenters. The molecule has 2 heterocycles. The number of hydrogen-bond acceptors (Lipinski definition) is 6. The molecule has 1 aliphatic heterocycles. The minimum Gasteiger partial charge on any atom is -0.320 e. The van der Waals surface area contributed by atoms with E-state index in [9.17, 15) is 14.0 Å². The monoisotopic (exact) mass is 468 g/mol. The van der Waals surface area contributed by atoms with Crippen molar-refractivity contribution in [3.05, 3.63) is 41.4 Å². The van der Waals surface area contributed by atoms with Crippen LogP contribution in [0.5, 0.6) is 0 Å². The zero-order valence-corrected chi connectivity index (χ0v) is 18.2. The number of carbonyl (C=O) groups excluding carboxylic acids is 2.